The maximum atomic E-state index is 12.5. The summed E-state index contributed by atoms with van der Waals surface area (Å²) in [6.07, 6.45) is 0. The number of furan rings is 1. The first kappa shape index (κ1) is 18.2. The number of nitrogens with zero attached hydrogens (tertiary/aromatic N) is 2. The normalized spacial score (nSPS) is 11.0. The number of amides is 1. The Morgan fingerprint density at radius 2 is 2.04 bits per heavy atom. The Balaban J connectivity index is 1.47. The fourth-order valence-corrected chi connectivity index (χ4v) is 3.26. The van der Waals surface area contributed by atoms with Gasteiger partial charge in [0.1, 0.15) is 17.2 Å². The second kappa shape index (κ2) is 7.47. The molecule has 142 valence electrons. The van der Waals surface area contributed by atoms with Crippen LogP contribution in [0, 0.1) is 6.92 Å². The summed E-state index contributed by atoms with van der Waals surface area (Å²) in [4.78, 5) is 17.0. The number of benzene rings is 2. The molecule has 8 heteroatoms. The van der Waals surface area contributed by atoms with Gasteiger partial charge in [0.05, 0.1) is 13.7 Å². The van der Waals surface area contributed by atoms with E-state index in [2.05, 4.69) is 36.4 Å². The number of aromatic amines is 1. The van der Waals surface area contributed by atoms with Crippen LogP contribution < -0.4 is 10.1 Å². The molecule has 0 fully saturated rings. The molecule has 2 aromatic heterocycles. The minimum Gasteiger partial charge on any atom is -0.497 e. The highest BCUT2D eigenvalue weighted by molar-refractivity contribution is 9.10. The third-order valence-electron chi connectivity index (χ3n) is 4.40. The van der Waals surface area contributed by atoms with Crippen LogP contribution in [-0.2, 0) is 6.54 Å². The Morgan fingerprint density at radius 3 is 2.79 bits per heavy atom. The number of nitrogens with one attached hydrogen (secondary N) is 2. The average Bonchev–Trinajstić information content (AvgIpc) is 3.31. The minimum absolute atomic E-state index is 0.210. The third-order valence-corrected chi connectivity index (χ3v) is 4.89. The van der Waals surface area contributed by atoms with Gasteiger partial charge in [-0.25, -0.2) is 4.98 Å². The zero-order chi connectivity index (χ0) is 19.7. The first-order valence-electron chi connectivity index (χ1n) is 8.57. The monoisotopic (exact) mass is 440 g/mol. The number of ether oxygens (including phenoxy) is 1. The van der Waals surface area contributed by atoms with Crippen molar-refractivity contribution in [3.8, 4) is 17.1 Å². The summed E-state index contributed by atoms with van der Waals surface area (Å²) in [6.45, 7) is 2.07. The lowest BCUT2D eigenvalue weighted by molar-refractivity contribution is 0.0923. The van der Waals surface area contributed by atoms with Crippen molar-refractivity contribution >= 4 is 32.8 Å². The molecule has 2 aromatic carbocycles. The Hall–Kier alpha value is -3.13. The van der Waals surface area contributed by atoms with E-state index in [1.165, 1.54) is 0 Å². The summed E-state index contributed by atoms with van der Waals surface area (Å²) in [6, 6.07) is 13.1. The molecule has 4 rings (SSSR count). The van der Waals surface area contributed by atoms with Crippen LogP contribution in [0.15, 0.2) is 51.4 Å². The molecular weight excluding hydrogens is 424 g/mol. The molecule has 0 aliphatic rings. The molecule has 1 amide bonds. The summed E-state index contributed by atoms with van der Waals surface area (Å²) in [5.41, 5.74) is 2.32. The summed E-state index contributed by atoms with van der Waals surface area (Å²) < 4.78 is 11.8. The van der Waals surface area contributed by atoms with E-state index >= 15 is 0 Å². The number of halogens is 1. The standard InChI is InChI=1S/C20H17BrN4O3/c1-11-15-9-13(21)5-8-16(15)28-18(11)20(26)22-10-17-23-19(25-24-17)12-3-6-14(27-2)7-4-12/h3-9H,10H2,1-2H3,(H,22,26)(H,23,24,25). The second-order valence-electron chi connectivity index (χ2n) is 6.21. The molecule has 0 bridgehead atoms. The largest absolute Gasteiger partial charge is 0.497 e. The van der Waals surface area contributed by atoms with E-state index in [1.807, 2.05) is 49.4 Å². The smallest absolute Gasteiger partial charge is 0.287 e. The van der Waals surface area contributed by atoms with E-state index < -0.39 is 0 Å². The molecule has 0 unspecified atom stereocenters. The Morgan fingerprint density at radius 1 is 1.25 bits per heavy atom. The molecule has 0 saturated carbocycles. The van der Waals surface area contributed by atoms with Gasteiger partial charge in [-0.2, -0.15) is 5.10 Å². The third kappa shape index (κ3) is 3.50. The maximum Gasteiger partial charge on any atom is 0.287 e. The summed E-state index contributed by atoms with van der Waals surface area (Å²) in [5, 5.41) is 10.8. The first-order chi connectivity index (χ1) is 13.5. The number of H-pyrrole nitrogens is 1. The van der Waals surface area contributed by atoms with E-state index in [0.29, 0.717) is 23.0 Å². The molecule has 0 saturated heterocycles. The van der Waals surface area contributed by atoms with Gasteiger partial charge in [0, 0.05) is 21.0 Å². The van der Waals surface area contributed by atoms with Crippen LogP contribution in [0.25, 0.3) is 22.4 Å². The topological polar surface area (TPSA) is 93.0 Å². The summed E-state index contributed by atoms with van der Waals surface area (Å²) in [7, 11) is 1.62. The Labute approximate surface area is 169 Å². The van der Waals surface area contributed by atoms with E-state index in [4.69, 9.17) is 9.15 Å². The van der Waals surface area contributed by atoms with Crippen molar-refractivity contribution in [3.05, 3.63) is 64.1 Å². The average molecular weight is 441 g/mol. The molecule has 4 aromatic rings. The molecule has 0 aliphatic carbocycles. The highest BCUT2D eigenvalue weighted by Crippen LogP contribution is 2.28. The predicted molar refractivity (Wildman–Crippen MR) is 108 cm³/mol. The lowest BCUT2D eigenvalue weighted by Crippen LogP contribution is -2.23. The minimum atomic E-state index is -0.299. The summed E-state index contributed by atoms with van der Waals surface area (Å²) >= 11 is 3.44. The van der Waals surface area contributed by atoms with Crippen molar-refractivity contribution < 1.29 is 13.9 Å². The van der Waals surface area contributed by atoms with Crippen LogP contribution in [0.4, 0.5) is 0 Å². The maximum absolute atomic E-state index is 12.5. The molecule has 7 nitrogen and oxygen atoms in total. The number of hydrogen-bond acceptors (Lipinski definition) is 5. The molecule has 0 spiro atoms. The van der Waals surface area contributed by atoms with Crippen LogP contribution in [0.5, 0.6) is 5.75 Å². The fraction of sp³-hybridized carbons (Fsp3) is 0.150. The van der Waals surface area contributed by atoms with E-state index in [9.17, 15) is 4.79 Å². The van der Waals surface area contributed by atoms with E-state index in [1.54, 1.807) is 7.11 Å². The van der Waals surface area contributed by atoms with Crippen molar-refractivity contribution in [2.75, 3.05) is 7.11 Å². The van der Waals surface area contributed by atoms with Crippen LogP contribution in [0.1, 0.15) is 21.9 Å². The van der Waals surface area contributed by atoms with Crippen LogP contribution in [-0.4, -0.2) is 28.2 Å². The number of hydrogen-bond donors (Lipinski definition) is 2. The van der Waals surface area contributed by atoms with Gasteiger partial charge in [0.15, 0.2) is 11.6 Å². The number of aryl methyl sites for hydroxylation is 1. The number of carbonyl (C=O) groups excluding carboxylic acids is 1. The van der Waals surface area contributed by atoms with Gasteiger partial charge in [0.2, 0.25) is 0 Å². The first-order valence-corrected chi connectivity index (χ1v) is 9.37. The summed E-state index contributed by atoms with van der Waals surface area (Å²) in [5.74, 6) is 1.86. The van der Waals surface area contributed by atoms with Gasteiger partial charge in [-0.05, 0) is 49.4 Å². The van der Waals surface area contributed by atoms with E-state index in [0.717, 1.165) is 26.7 Å². The molecule has 0 atom stereocenters. The number of methoxy groups -OCH3 is 1. The Kier molecular flexibility index (Phi) is 4.87. The molecule has 0 aliphatic heterocycles. The number of aromatic nitrogens is 3. The number of fused-ring (bicyclic) bond motifs is 1. The van der Waals surface area contributed by atoms with Gasteiger partial charge in [0.25, 0.3) is 5.91 Å². The molecular formula is C20H17BrN4O3. The molecule has 2 N–H and O–H groups in total. The van der Waals surface area contributed by atoms with Crippen LogP contribution in [0.2, 0.25) is 0 Å². The highest BCUT2D eigenvalue weighted by Gasteiger charge is 2.18. The molecule has 2 heterocycles. The van der Waals surface area contributed by atoms with Gasteiger partial charge >= 0.3 is 0 Å². The van der Waals surface area contributed by atoms with Crippen molar-refractivity contribution in [1.82, 2.24) is 20.5 Å². The lowest BCUT2D eigenvalue weighted by atomic mass is 10.1. The van der Waals surface area contributed by atoms with Crippen molar-refractivity contribution in [1.29, 1.82) is 0 Å². The highest BCUT2D eigenvalue weighted by atomic mass is 79.9. The van der Waals surface area contributed by atoms with Gasteiger partial charge in [-0.1, -0.05) is 15.9 Å². The molecule has 0 radical (unpaired) electrons. The van der Waals surface area contributed by atoms with Crippen molar-refractivity contribution in [2.24, 2.45) is 0 Å². The number of rotatable bonds is 5. The van der Waals surface area contributed by atoms with Crippen molar-refractivity contribution in [3.63, 3.8) is 0 Å². The zero-order valence-electron chi connectivity index (χ0n) is 15.2. The second-order valence-corrected chi connectivity index (χ2v) is 7.13. The van der Waals surface area contributed by atoms with Gasteiger partial charge < -0.3 is 14.5 Å². The van der Waals surface area contributed by atoms with Gasteiger partial charge in [-0.3, -0.25) is 9.89 Å². The molecule has 28 heavy (non-hydrogen) atoms. The fourth-order valence-electron chi connectivity index (χ4n) is 2.90. The van der Waals surface area contributed by atoms with Crippen LogP contribution in [0.3, 0.4) is 0 Å². The zero-order valence-corrected chi connectivity index (χ0v) is 16.8. The Bertz CT molecular complexity index is 1150. The van der Waals surface area contributed by atoms with E-state index in [-0.39, 0.29) is 12.5 Å². The predicted octanol–water partition coefficient (Wildman–Crippen LogP) is 4.23. The van der Waals surface area contributed by atoms with Crippen molar-refractivity contribution in [2.45, 2.75) is 13.5 Å². The van der Waals surface area contributed by atoms with Crippen LogP contribution >= 0.6 is 15.9 Å². The lowest BCUT2D eigenvalue weighted by Gasteiger charge is -2.01. The number of carbonyl (C=O) groups is 1. The SMILES string of the molecule is COc1ccc(-c2n[nH]c(CNC(=O)c3oc4ccc(Br)cc4c3C)n2)cc1. The quantitative estimate of drug-likeness (QED) is 0.484. The van der Waals surface area contributed by atoms with Gasteiger partial charge in [-0.15, -0.1) is 0 Å².